The average molecular weight is 373 g/mol. The maximum Gasteiger partial charge on any atom is 0.316 e. The molecule has 1 fully saturated rings. The number of carboxylic acids is 1. The zero-order valence-electron chi connectivity index (χ0n) is 16.3. The van der Waals surface area contributed by atoms with Gasteiger partial charge in [0.1, 0.15) is 5.92 Å². The van der Waals surface area contributed by atoms with Gasteiger partial charge in [0.2, 0.25) is 0 Å². The van der Waals surface area contributed by atoms with Gasteiger partial charge < -0.3 is 14.4 Å². The highest BCUT2D eigenvalue weighted by Gasteiger charge is 2.33. The van der Waals surface area contributed by atoms with Gasteiger partial charge in [-0.3, -0.25) is 4.79 Å². The van der Waals surface area contributed by atoms with Gasteiger partial charge in [0.15, 0.2) is 5.76 Å². The highest BCUT2D eigenvalue weighted by Crippen LogP contribution is 2.42. The van der Waals surface area contributed by atoms with Crippen LogP contribution >= 0.6 is 0 Å². The number of aliphatic carboxylic acids is 1. The second-order valence-corrected chi connectivity index (χ2v) is 7.67. The van der Waals surface area contributed by atoms with E-state index in [2.05, 4.69) is 15.1 Å². The highest BCUT2D eigenvalue weighted by molar-refractivity contribution is 5.76. The van der Waals surface area contributed by atoms with Gasteiger partial charge in [-0.15, -0.1) is 0 Å². The molecule has 7 nitrogen and oxygen atoms in total. The summed E-state index contributed by atoms with van der Waals surface area (Å²) in [6.07, 6.45) is 7.71. The molecular formula is C20H27N3O4. The third kappa shape index (κ3) is 3.96. The number of carboxylic acid groups (broad SMARTS) is 1. The van der Waals surface area contributed by atoms with E-state index in [-0.39, 0.29) is 5.92 Å². The van der Waals surface area contributed by atoms with Gasteiger partial charge in [0, 0.05) is 23.9 Å². The van der Waals surface area contributed by atoms with E-state index in [4.69, 9.17) is 9.26 Å². The van der Waals surface area contributed by atoms with Gasteiger partial charge >= 0.3 is 12.0 Å². The molecule has 1 aliphatic rings. The summed E-state index contributed by atoms with van der Waals surface area (Å²) in [5.41, 5.74) is 2.95. The fourth-order valence-corrected chi connectivity index (χ4v) is 4.07. The molecule has 7 heteroatoms. The maximum atomic E-state index is 11.6. The molecule has 0 aliphatic heterocycles. The van der Waals surface area contributed by atoms with E-state index in [1.807, 2.05) is 33.2 Å². The lowest BCUT2D eigenvalue weighted by Gasteiger charge is -2.27. The molecule has 0 saturated heterocycles. The van der Waals surface area contributed by atoms with Crippen LogP contribution in [0.25, 0.3) is 0 Å². The van der Waals surface area contributed by atoms with Crippen molar-refractivity contribution in [2.45, 2.75) is 64.2 Å². The summed E-state index contributed by atoms with van der Waals surface area (Å²) < 4.78 is 10.5. The van der Waals surface area contributed by atoms with Crippen LogP contribution in [-0.4, -0.2) is 33.3 Å². The fourth-order valence-electron chi connectivity index (χ4n) is 4.07. The SMILES string of the molecule is COc1ncc(C2CCC(c3noc(C(C(=O)O)C(C)C)c3C)CC2)cn1. The van der Waals surface area contributed by atoms with Gasteiger partial charge in [-0.1, -0.05) is 19.0 Å². The topological polar surface area (TPSA) is 98.3 Å². The highest BCUT2D eigenvalue weighted by atomic mass is 16.5. The number of ether oxygens (including phenoxy) is 1. The largest absolute Gasteiger partial charge is 0.481 e. The molecule has 2 heterocycles. The first-order valence-electron chi connectivity index (χ1n) is 9.47. The predicted molar refractivity (Wildman–Crippen MR) is 99.0 cm³/mol. The molecule has 0 amide bonds. The molecule has 0 spiro atoms. The third-order valence-corrected chi connectivity index (χ3v) is 5.63. The zero-order chi connectivity index (χ0) is 19.6. The minimum Gasteiger partial charge on any atom is -0.481 e. The minimum absolute atomic E-state index is 0.0483. The Hall–Kier alpha value is -2.44. The van der Waals surface area contributed by atoms with Crippen molar-refractivity contribution in [3.05, 3.63) is 35.0 Å². The third-order valence-electron chi connectivity index (χ3n) is 5.63. The zero-order valence-corrected chi connectivity index (χ0v) is 16.3. The van der Waals surface area contributed by atoms with E-state index < -0.39 is 11.9 Å². The van der Waals surface area contributed by atoms with Crippen molar-refractivity contribution in [3.63, 3.8) is 0 Å². The van der Waals surface area contributed by atoms with Crippen molar-refractivity contribution in [2.24, 2.45) is 5.92 Å². The number of nitrogens with zero attached hydrogens (tertiary/aromatic N) is 3. The number of aromatic nitrogens is 3. The Bertz CT molecular complexity index is 777. The van der Waals surface area contributed by atoms with Gasteiger partial charge in [0.25, 0.3) is 0 Å². The van der Waals surface area contributed by atoms with E-state index in [9.17, 15) is 9.90 Å². The Balaban J connectivity index is 1.70. The van der Waals surface area contributed by atoms with Crippen LogP contribution in [0.15, 0.2) is 16.9 Å². The van der Waals surface area contributed by atoms with Crippen molar-refractivity contribution in [1.82, 2.24) is 15.1 Å². The van der Waals surface area contributed by atoms with Crippen molar-refractivity contribution < 1.29 is 19.2 Å². The Kier molecular flexibility index (Phi) is 5.77. The van der Waals surface area contributed by atoms with Crippen LogP contribution in [0, 0.1) is 12.8 Å². The molecule has 146 valence electrons. The molecule has 1 aliphatic carbocycles. The molecule has 1 saturated carbocycles. The minimum atomic E-state index is -0.862. The van der Waals surface area contributed by atoms with Gasteiger partial charge in [-0.2, -0.15) is 0 Å². The van der Waals surface area contributed by atoms with Gasteiger partial charge in [-0.25, -0.2) is 9.97 Å². The standard InChI is InChI=1S/C20H27N3O4/c1-11(2)16(19(24)25)18-12(3)17(23-27-18)14-7-5-13(6-8-14)15-9-21-20(26-4)22-10-15/h9-11,13-14,16H,5-8H2,1-4H3,(H,24,25). The monoisotopic (exact) mass is 373 g/mol. The van der Waals surface area contributed by atoms with Crippen LogP contribution in [0.4, 0.5) is 0 Å². The molecule has 3 rings (SSSR count). The first-order chi connectivity index (χ1) is 12.9. The summed E-state index contributed by atoms with van der Waals surface area (Å²) in [6.45, 7) is 5.72. The lowest BCUT2D eigenvalue weighted by molar-refractivity contribution is -0.140. The molecule has 1 unspecified atom stereocenters. The fraction of sp³-hybridized carbons (Fsp3) is 0.600. The lowest BCUT2D eigenvalue weighted by atomic mass is 9.77. The van der Waals surface area contributed by atoms with Crippen molar-refractivity contribution in [2.75, 3.05) is 7.11 Å². The van der Waals surface area contributed by atoms with E-state index in [1.165, 1.54) is 0 Å². The van der Waals surface area contributed by atoms with Gasteiger partial charge in [-0.05, 0) is 50.0 Å². The molecule has 0 radical (unpaired) electrons. The Morgan fingerprint density at radius 3 is 2.30 bits per heavy atom. The molecule has 2 aromatic heterocycles. The van der Waals surface area contributed by atoms with Crippen LogP contribution in [0.2, 0.25) is 0 Å². The van der Waals surface area contributed by atoms with E-state index in [1.54, 1.807) is 7.11 Å². The smallest absolute Gasteiger partial charge is 0.316 e. The summed E-state index contributed by atoms with van der Waals surface area (Å²) >= 11 is 0. The van der Waals surface area contributed by atoms with Crippen molar-refractivity contribution in [1.29, 1.82) is 0 Å². The summed E-state index contributed by atoms with van der Waals surface area (Å²) in [4.78, 5) is 20.0. The summed E-state index contributed by atoms with van der Waals surface area (Å²) in [6, 6.07) is 0.385. The van der Waals surface area contributed by atoms with E-state index in [0.717, 1.165) is 42.5 Å². The van der Waals surface area contributed by atoms with Crippen LogP contribution in [0.1, 0.15) is 79.9 Å². The van der Waals surface area contributed by atoms with Crippen LogP contribution in [0.3, 0.4) is 0 Å². The molecule has 0 aromatic carbocycles. The number of rotatable bonds is 6. The molecule has 1 N–H and O–H groups in total. The summed E-state index contributed by atoms with van der Waals surface area (Å²) in [7, 11) is 1.56. The maximum absolute atomic E-state index is 11.6. The average Bonchev–Trinajstić information content (AvgIpc) is 3.02. The number of methoxy groups -OCH3 is 1. The van der Waals surface area contributed by atoms with E-state index in [0.29, 0.717) is 23.6 Å². The molecule has 0 bridgehead atoms. The molecule has 1 atom stereocenters. The number of carbonyl (C=O) groups is 1. The number of hydrogen-bond donors (Lipinski definition) is 1. The Morgan fingerprint density at radius 2 is 1.78 bits per heavy atom. The molecular weight excluding hydrogens is 346 g/mol. The van der Waals surface area contributed by atoms with Crippen LogP contribution < -0.4 is 4.74 Å². The van der Waals surface area contributed by atoms with Gasteiger partial charge in [0.05, 0.1) is 12.8 Å². The molecule has 27 heavy (non-hydrogen) atoms. The number of hydrogen-bond acceptors (Lipinski definition) is 6. The lowest BCUT2D eigenvalue weighted by Crippen LogP contribution is -2.18. The molecule has 2 aromatic rings. The second kappa shape index (κ2) is 8.06. The Morgan fingerprint density at radius 1 is 1.19 bits per heavy atom. The first-order valence-corrected chi connectivity index (χ1v) is 9.47. The van der Waals surface area contributed by atoms with E-state index >= 15 is 0 Å². The second-order valence-electron chi connectivity index (χ2n) is 7.67. The summed E-state index contributed by atoms with van der Waals surface area (Å²) in [5, 5.41) is 13.8. The summed E-state index contributed by atoms with van der Waals surface area (Å²) in [5.74, 6) is -0.329. The van der Waals surface area contributed by atoms with Crippen LogP contribution in [0.5, 0.6) is 6.01 Å². The Labute approximate surface area is 159 Å². The van der Waals surface area contributed by atoms with Crippen molar-refractivity contribution in [3.8, 4) is 6.01 Å². The van der Waals surface area contributed by atoms with Crippen LogP contribution in [-0.2, 0) is 4.79 Å². The van der Waals surface area contributed by atoms with Crippen molar-refractivity contribution >= 4 is 5.97 Å². The quantitative estimate of drug-likeness (QED) is 0.815. The predicted octanol–water partition coefficient (Wildman–Crippen LogP) is 4.05. The normalized spacial score (nSPS) is 21.2. The first kappa shape index (κ1) is 19.3.